The molecule has 2 heterocycles. The molecule has 29 heavy (non-hydrogen) atoms. The monoisotopic (exact) mass is 412 g/mol. The standard InChI is InChI=1S/C21H21ClN4O3/c1-28-12-20(27)25-18(14-5-9-17(29-2)10-6-14)11-19(26-21(25)23-13-24-26)15-3-7-16(22)8-4-15/h3-10,13,18-19H,11-12H2,1-2H3/t18-,19+/m0/s1. The Hall–Kier alpha value is -2.90. The van der Waals surface area contributed by atoms with E-state index in [0.717, 1.165) is 16.9 Å². The molecule has 1 aliphatic rings. The summed E-state index contributed by atoms with van der Waals surface area (Å²) >= 11 is 6.07. The zero-order valence-electron chi connectivity index (χ0n) is 16.2. The molecule has 0 saturated heterocycles. The van der Waals surface area contributed by atoms with Gasteiger partial charge in [0.05, 0.1) is 19.2 Å². The number of rotatable bonds is 5. The van der Waals surface area contributed by atoms with E-state index in [-0.39, 0.29) is 24.6 Å². The van der Waals surface area contributed by atoms with Gasteiger partial charge in [-0.05, 0) is 41.8 Å². The zero-order chi connectivity index (χ0) is 20.4. The number of anilines is 1. The average Bonchev–Trinajstić information content (AvgIpc) is 3.23. The lowest BCUT2D eigenvalue weighted by Crippen LogP contribution is -2.44. The maximum atomic E-state index is 12.9. The largest absolute Gasteiger partial charge is 0.497 e. The molecule has 0 radical (unpaired) electrons. The SMILES string of the molecule is COCC(=O)N1c2ncnn2[C@@H](c2ccc(Cl)cc2)C[C@H]1c1ccc(OC)cc1. The van der Waals surface area contributed by atoms with Gasteiger partial charge in [-0.15, -0.1) is 0 Å². The Kier molecular flexibility index (Phi) is 5.51. The van der Waals surface area contributed by atoms with Gasteiger partial charge in [-0.25, -0.2) is 4.68 Å². The quantitative estimate of drug-likeness (QED) is 0.639. The first kappa shape index (κ1) is 19.4. The van der Waals surface area contributed by atoms with Crippen LogP contribution in [0.3, 0.4) is 0 Å². The van der Waals surface area contributed by atoms with Crippen LogP contribution in [-0.2, 0) is 9.53 Å². The molecule has 150 valence electrons. The van der Waals surface area contributed by atoms with E-state index in [0.29, 0.717) is 17.4 Å². The highest BCUT2D eigenvalue weighted by molar-refractivity contribution is 6.30. The van der Waals surface area contributed by atoms with E-state index in [1.165, 1.54) is 13.4 Å². The van der Waals surface area contributed by atoms with Gasteiger partial charge in [-0.1, -0.05) is 35.9 Å². The number of halogens is 1. The van der Waals surface area contributed by atoms with E-state index in [2.05, 4.69) is 10.1 Å². The van der Waals surface area contributed by atoms with Crippen LogP contribution in [0.1, 0.15) is 29.6 Å². The van der Waals surface area contributed by atoms with Gasteiger partial charge in [0.25, 0.3) is 5.91 Å². The number of ether oxygens (including phenoxy) is 2. The van der Waals surface area contributed by atoms with Crippen molar-refractivity contribution in [2.75, 3.05) is 25.7 Å². The number of carbonyl (C=O) groups is 1. The van der Waals surface area contributed by atoms with Crippen LogP contribution in [0.2, 0.25) is 5.02 Å². The predicted molar refractivity (Wildman–Crippen MR) is 109 cm³/mol. The maximum Gasteiger partial charge on any atom is 0.255 e. The highest BCUT2D eigenvalue weighted by atomic mass is 35.5. The fourth-order valence-corrected chi connectivity index (χ4v) is 3.87. The number of amides is 1. The summed E-state index contributed by atoms with van der Waals surface area (Å²) in [6.45, 7) is -0.0366. The van der Waals surface area contributed by atoms with Gasteiger partial charge >= 0.3 is 0 Å². The molecule has 0 unspecified atom stereocenters. The second kappa shape index (κ2) is 8.23. The average molecular weight is 413 g/mol. The molecule has 0 bridgehead atoms. The van der Waals surface area contributed by atoms with Crippen molar-refractivity contribution in [3.63, 3.8) is 0 Å². The molecule has 3 aromatic rings. The van der Waals surface area contributed by atoms with Gasteiger partial charge in [0.15, 0.2) is 0 Å². The van der Waals surface area contributed by atoms with Crippen molar-refractivity contribution in [2.24, 2.45) is 0 Å². The summed E-state index contributed by atoms with van der Waals surface area (Å²) < 4.78 is 12.2. The minimum absolute atomic E-state index is 0.0366. The maximum absolute atomic E-state index is 12.9. The second-order valence-electron chi connectivity index (χ2n) is 6.79. The van der Waals surface area contributed by atoms with E-state index in [4.69, 9.17) is 21.1 Å². The van der Waals surface area contributed by atoms with Crippen molar-refractivity contribution < 1.29 is 14.3 Å². The van der Waals surface area contributed by atoms with Crippen molar-refractivity contribution in [3.05, 3.63) is 71.0 Å². The highest BCUT2D eigenvalue weighted by Gasteiger charge is 2.39. The molecule has 8 heteroatoms. The minimum Gasteiger partial charge on any atom is -0.497 e. The molecule has 1 aliphatic heterocycles. The third kappa shape index (κ3) is 3.71. The van der Waals surface area contributed by atoms with Crippen LogP contribution in [0, 0.1) is 0 Å². The Bertz CT molecular complexity index is 988. The van der Waals surface area contributed by atoms with Gasteiger partial charge in [0, 0.05) is 12.1 Å². The number of hydrogen-bond acceptors (Lipinski definition) is 5. The highest BCUT2D eigenvalue weighted by Crippen LogP contribution is 2.42. The number of fused-ring (bicyclic) bond motifs is 1. The summed E-state index contributed by atoms with van der Waals surface area (Å²) in [6, 6.07) is 15.1. The van der Waals surface area contributed by atoms with Crippen molar-refractivity contribution in [2.45, 2.75) is 18.5 Å². The Labute approximate surface area is 173 Å². The van der Waals surface area contributed by atoms with Gasteiger partial charge < -0.3 is 9.47 Å². The summed E-state index contributed by atoms with van der Waals surface area (Å²) in [6.07, 6.45) is 2.11. The lowest BCUT2D eigenvalue weighted by molar-refractivity contribution is -0.123. The topological polar surface area (TPSA) is 69.5 Å². The minimum atomic E-state index is -0.221. The molecule has 4 rings (SSSR count). The second-order valence-corrected chi connectivity index (χ2v) is 7.23. The van der Waals surface area contributed by atoms with Gasteiger partial charge in [0.2, 0.25) is 5.95 Å². The first-order valence-corrected chi connectivity index (χ1v) is 9.60. The molecule has 2 atom stereocenters. The lowest BCUT2D eigenvalue weighted by atomic mass is 9.92. The number of benzene rings is 2. The Morgan fingerprint density at radius 3 is 2.38 bits per heavy atom. The molecule has 2 aromatic carbocycles. The van der Waals surface area contributed by atoms with E-state index >= 15 is 0 Å². The molecular formula is C21H21ClN4O3. The predicted octanol–water partition coefficient (Wildman–Crippen LogP) is 3.65. The van der Waals surface area contributed by atoms with Crippen LogP contribution in [0.4, 0.5) is 5.95 Å². The smallest absolute Gasteiger partial charge is 0.255 e. The number of nitrogens with zero attached hydrogens (tertiary/aromatic N) is 4. The molecule has 0 N–H and O–H groups in total. The number of carbonyl (C=O) groups excluding carboxylic acids is 1. The van der Waals surface area contributed by atoms with Crippen molar-refractivity contribution in [1.29, 1.82) is 0 Å². The van der Waals surface area contributed by atoms with E-state index in [1.54, 1.807) is 16.7 Å². The Morgan fingerprint density at radius 1 is 1.07 bits per heavy atom. The molecule has 1 aromatic heterocycles. The van der Waals surface area contributed by atoms with Gasteiger partial charge in [-0.3, -0.25) is 9.69 Å². The van der Waals surface area contributed by atoms with Crippen LogP contribution in [0.15, 0.2) is 54.9 Å². The molecule has 0 fully saturated rings. The summed E-state index contributed by atoms with van der Waals surface area (Å²) in [7, 11) is 3.13. The van der Waals surface area contributed by atoms with E-state index in [9.17, 15) is 4.79 Å². The Balaban J connectivity index is 1.80. The number of hydrogen-bond donors (Lipinski definition) is 0. The molecule has 7 nitrogen and oxygen atoms in total. The van der Waals surface area contributed by atoms with E-state index in [1.807, 2.05) is 48.5 Å². The fraction of sp³-hybridized carbons (Fsp3) is 0.286. The molecule has 0 saturated carbocycles. The Morgan fingerprint density at radius 2 is 1.72 bits per heavy atom. The fourth-order valence-electron chi connectivity index (χ4n) is 3.74. The molecular weight excluding hydrogens is 392 g/mol. The summed E-state index contributed by atoms with van der Waals surface area (Å²) in [4.78, 5) is 19.0. The van der Waals surface area contributed by atoms with E-state index < -0.39 is 0 Å². The number of aromatic nitrogens is 3. The van der Waals surface area contributed by atoms with Crippen LogP contribution < -0.4 is 9.64 Å². The van der Waals surface area contributed by atoms with Gasteiger partial charge in [-0.2, -0.15) is 10.1 Å². The van der Waals surface area contributed by atoms with Gasteiger partial charge in [0.1, 0.15) is 18.7 Å². The third-order valence-corrected chi connectivity index (χ3v) is 5.37. The van der Waals surface area contributed by atoms with Crippen LogP contribution in [0.5, 0.6) is 5.75 Å². The summed E-state index contributed by atoms with van der Waals surface area (Å²) in [5.74, 6) is 1.09. The first-order valence-electron chi connectivity index (χ1n) is 9.22. The van der Waals surface area contributed by atoms with Crippen LogP contribution in [-0.4, -0.2) is 41.5 Å². The molecule has 1 amide bonds. The van der Waals surface area contributed by atoms with Crippen molar-refractivity contribution >= 4 is 23.5 Å². The zero-order valence-corrected chi connectivity index (χ0v) is 16.9. The molecule has 0 aliphatic carbocycles. The van der Waals surface area contributed by atoms with Crippen molar-refractivity contribution in [3.8, 4) is 5.75 Å². The normalized spacial score (nSPS) is 18.4. The third-order valence-electron chi connectivity index (χ3n) is 5.11. The summed E-state index contributed by atoms with van der Waals surface area (Å²) in [5.41, 5.74) is 2.04. The first-order chi connectivity index (χ1) is 14.1. The van der Waals surface area contributed by atoms with Crippen LogP contribution in [0.25, 0.3) is 0 Å². The lowest BCUT2D eigenvalue weighted by Gasteiger charge is -2.39. The van der Waals surface area contributed by atoms with Crippen molar-refractivity contribution in [1.82, 2.24) is 14.8 Å². The molecule has 0 spiro atoms. The summed E-state index contributed by atoms with van der Waals surface area (Å²) in [5, 5.41) is 5.08. The van der Waals surface area contributed by atoms with Crippen LogP contribution >= 0.6 is 11.6 Å². The number of methoxy groups -OCH3 is 2.